The molecule has 190 valence electrons. The summed E-state index contributed by atoms with van der Waals surface area (Å²) >= 11 is 1.56. The van der Waals surface area contributed by atoms with E-state index in [9.17, 15) is 19.2 Å². The number of carboxylic acids is 1. The number of rotatable bonds is 16. The second kappa shape index (κ2) is 16.1. The SMILES string of the molecule is CSCCC(N)C(=O)NC(CC(C)C)C(=O)NC(CCCN=C(N)N)C(=O)NC(C)C(=O)O. The zero-order valence-corrected chi connectivity index (χ0v) is 20.6. The highest BCUT2D eigenvalue weighted by Crippen LogP contribution is 2.08. The lowest BCUT2D eigenvalue weighted by Gasteiger charge is -2.25. The van der Waals surface area contributed by atoms with Crippen molar-refractivity contribution in [3.63, 3.8) is 0 Å². The number of guanidine groups is 1. The van der Waals surface area contributed by atoms with Gasteiger partial charge < -0.3 is 38.3 Å². The molecule has 0 saturated heterocycles. The summed E-state index contributed by atoms with van der Waals surface area (Å²) in [6.45, 7) is 5.34. The van der Waals surface area contributed by atoms with Gasteiger partial charge >= 0.3 is 5.97 Å². The van der Waals surface area contributed by atoms with Crippen LogP contribution in [0.4, 0.5) is 0 Å². The van der Waals surface area contributed by atoms with Crippen LogP contribution in [0.1, 0.15) is 46.5 Å². The fourth-order valence-electron chi connectivity index (χ4n) is 2.78. The van der Waals surface area contributed by atoms with Crippen molar-refractivity contribution in [2.24, 2.45) is 28.1 Å². The summed E-state index contributed by atoms with van der Waals surface area (Å²) in [4.78, 5) is 53.0. The van der Waals surface area contributed by atoms with Crippen LogP contribution < -0.4 is 33.2 Å². The Hall–Kier alpha value is -2.54. The summed E-state index contributed by atoms with van der Waals surface area (Å²) in [5.74, 6) is -2.19. The van der Waals surface area contributed by atoms with Crippen LogP contribution in [0.25, 0.3) is 0 Å². The molecule has 0 fully saturated rings. The number of carbonyl (C=O) groups is 4. The van der Waals surface area contributed by atoms with Gasteiger partial charge in [-0.25, -0.2) is 0 Å². The smallest absolute Gasteiger partial charge is 0.325 e. The van der Waals surface area contributed by atoms with E-state index in [0.29, 0.717) is 25.0 Å². The minimum Gasteiger partial charge on any atom is -0.480 e. The van der Waals surface area contributed by atoms with Gasteiger partial charge in [-0.3, -0.25) is 24.2 Å². The molecular formula is C20H39N7O5S. The minimum absolute atomic E-state index is 0.0737. The molecule has 0 bridgehead atoms. The number of aliphatic carboxylic acids is 1. The molecule has 0 heterocycles. The number of carboxylic acid groups (broad SMARTS) is 1. The molecule has 0 aromatic carbocycles. The zero-order chi connectivity index (χ0) is 25.6. The Bertz CT molecular complexity index is 686. The monoisotopic (exact) mass is 489 g/mol. The number of hydrogen-bond acceptors (Lipinski definition) is 7. The largest absolute Gasteiger partial charge is 0.480 e. The first-order valence-corrected chi connectivity index (χ1v) is 12.2. The van der Waals surface area contributed by atoms with Crippen LogP contribution in [0.3, 0.4) is 0 Å². The molecule has 0 aliphatic carbocycles. The Balaban J connectivity index is 5.39. The summed E-state index contributed by atoms with van der Waals surface area (Å²) in [7, 11) is 0. The number of nitrogens with zero attached hydrogens (tertiary/aromatic N) is 1. The molecule has 33 heavy (non-hydrogen) atoms. The molecule has 0 saturated carbocycles. The van der Waals surface area contributed by atoms with E-state index in [1.807, 2.05) is 20.1 Å². The first kappa shape index (κ1) is 30.5. The normalized spacial score (nSPS) is 14.5. The Labute approximate surface area is 199 Å². The van der Waals surface area contributed by atoms with Gasteiger partial charge in [-0.05, 0) is 50.5 Å². The van der Waals surface area contributed by atoms with E-state index in [2.05, 4.69) is 20.9 Å². The molecule has 0 aliphatic heterocycles. The highest BCUT2D eigenvalue weighted by Gasteiger charge is 2.29. The molecule has 10 N–H and O–H groups in total. The van der Waals surface area contributed by atoms with Crippen molar-refractivity contribution in [2.45, 2.75) is 70.6 Å². The second-order valence-electron chi connectivity index (χ2n) is 8.16. The van der Waals surface area contributed by atoms with E-state index in [1.165, 1.54) is 6.92 Å². The lowest BCUT2D eigenvalue weighted by atomic mass is 10.0. The molecule has 4 atom stereocenters. The average Bonchev–Trinajstić information content (AvgIpc) is 2.72. The van der Waals surface area contributed by atoms with Crippen molar-refractivity contribution in [1.29, 1.82) is 0 Å². The van der Waals surface area contributed by atoms with Gasteiger partial charge in [-0.1, -0.05) is 13.8 Å². The minimum atomic E-state index is -1.21. The van der Waals surface area contributed by atoms with Crippen LogP contribution in [0.2, 0.25) is 0 Å². The molecular weight excluding hydrogens is 450 g/mol. The lowest BCUT2D eigenvalue weighted by Crippen LogP contribution is -2.57. The van der Waals surface area contributed by atoms with Gasteiger partial charge in [0.1, 0.15) is 18.1 Å². The summed E-state index contributed by atoms with van der Waals surface area (Å²) in [6.07, 6.45) is 3.23. The molecule has 13 heteroatoms. The van der Waals surface area contributed by atoms with Crippen LogP contribution in [0.5, 0.6) is 0 Å². The Morgan fingerprint density at radius 2 is 1.52 bits per heavy atom. The quantitative estimate of drug-likeness (QED) is 0.0779. The van der Waals surface area contributed by atoms with Crippen LogP contribution in [-0.4, -0.2) is 77.5 Å². The molecule has 0 aliphatic rings. The van der Waals surface area contributed by atoms with Gasteiger partial charge in [0.25, 0.3) is 0 Å². The molecule has 4 unspecified atom stereocenters. The molecule has 3 amide bonds. The Morgan fingerprint density at radius 3 is 2.03 bits per heavy atom. The van der Waals surface area contributed by atoms with E-state index in [0.717, 1.165) is 0 Å². The predicted molar refractivity (Wildman–Crippen MR) is 129 cm³/mol. The van der Waals surface area contributed by atoms with Crippen molar-refractivity contribution in [1.82, 2.24) is 16.0 Å². The number of hydrogen-bond donors (Lipinski definition) is 7. The van der Waals surface area contributed by atoms with Crippen molar-refractivity contribution in [2.75, 3.05) is 18.6 Å². The molecule has 0 radical (unpaired) electrons. The number of thioether (sulfide) groups is 1. The standard InChI is InChI=1S/C20H39N7O5S/c1-11(2)10-15(27-16(28)13(21)7-9-33-4)18(30)26-14(6-5-8-24-20(22)23)17(29)25-12(3)19(31)32/h11-15H,5-10,21H2,1-4H3,(H,25,29)(H,26,30)(H,27,28)(H,31,32)(H4,22,23,24). The number of nitrogens with two attached hydrogens (primary N) is 3. The molecule has 0 aromatic heterocycles. The Kier molecular flexibility index (Phi) is 14.9. The van der Waals surface area contributed by atoms with Crippen molar-refractivity contribution >= 4 is 41.4 Å². The van der Waals surface area contributed by atoms with Crippen molar-refractivity contribution in [3.8, 4) is 0 Å². The van der Waals surface area contributed by atoms with Crippen LogP contribution in [-0.2, 0) is 19.2 Å². The van der Waals surface area contributed by atoms with E-state index in [4.69, 9.17) is 22.3 Å². The third-order valence-electron chi connectivity index (χ3n) is 4.62. The second-order valence-corrected chi connectivity index (χ2v) is 9.14. The maximum absolute atomic E-state index is 13.0. The van der Waals surface area contributed by atoms with Gasteiger partial charge in [0.2, 0.25) is 17.7 Å². The van der Waals surface area contributed by atoms with Crippen LogP contribution >= 0.6 is 11.8 Å². The number of amides is 3. The topological polar surface area (TPSA) is 215 Å². The lowest BCUT2D eigenvalue weighted by molar-refractivity contribution is -0.141. The Morgan fingerprint density at radius 1 is 0.939 bits per heavy atom. The maximum atomic E-state index is 13.0. The fraction of sp³-hybridized carbons (Fsp3) is 0.750. The van der Waals surface area contributed by atoms with E-state index in [-0.39, 0.29) is 24.8 Å². The molecule has 0 spiro atoms. The summed E-state index contributed by atoms with van der Waals surface area (Å²) in [5.41, 5.74) is 16.5. The maximum Gasteiger partial charge on any atom is 0.325 e. The number of nitrogens with one attached hydrogen (secondary N) is 3. The van der Waals surface area contributed by atoms with Gasteiger partial charge in [0.15, 0.2) is 5.96 Å². The third kappa shape index (κ3) is 13.6. The van der Waals surface area contributed by atoms with E-state index < -0.39 is 47.9 Å². The first-order chi connectivity index (χ1) is 15.4. The predicted octanol–water partition coefficient (Wildman–Crippen LogP) is -1.27. The first-order valence-electron chi connectivity index (χ1n) is 10.8. The van der Waals surface area contributed by atoms with Crippen LogP contribution in [0.15, 0.2) is 4.99 Å². The third-order valence-corrected chi connectivity index (χ3v) is 5.26. The average molecular weight is 490 g/mol. The molecule has 0 rings (SSSR count). The van der Waals surface area contributed by atoms with Crippen LogP contribution in [0, 0.1) is 5.92 Å². The zero-order valence-electron chi connectivity index (χ0n) is 19.8. The summed E-state index contributed by atoms with van der Waals surface area (Å²) in [5, 5.41) is 16.7. The number of aliphatic imine (C=N–C) groups is 1. The molecule has 12 nitrogen and oxygen atoms in total. The van der Waals surface area contributed by atoms with Crippen molar-refractivity contribution in [3.05, 3.63) is 0 Å². The molecule has 0 aromatic rings. The summed E-state index contributed by atoms with van der Waals surface area (Å²) in [6, 6.07) is -3.84. The van der Waals surface area contributed by atoms with Gasteiger partial charge in [-0.2, -0.15) is 11.8 Å². The van der Waals surface area contributed by atoms with E-state index in [1.54, 1.807) is 11.8 Å². The van der Waals surface area contributed by atoms with Crippen molar-refractivity contribution < 1.29 is 24.3 Å². The fourth-order valence-corrected chi connectivity index (χ4v) is 3.27. The highest BCUT2D eigenvalue weighted by molar-refractivity contribution is 7.98. The summed E-state index contributed by atoms with van der Waals surface area (Å²) < 4.78 is 0. The van der Waals surface area contributed by atoms with Gasteiger partial charge in [0.05, 0.1) is 6.04 Å². The van der Waals surface area contributed by atoms with Gasteiger partial charge in [0, 0.05) is 6.54 Å². The van der Waals surface area contributed by atoms with E-state index >= 15 is 0 Å². The number of carbonyl (C=O) groups excluding carboxylic acids is 3. The van der Waals surface area contributed by atoms with Gasteiger partial charge in [-0.15, -0.1) is 0 Å². The highest BCUT2D eigenvalue weighted by atomic mass is 32.2.